The maximum atomic E-state index is 8.72. The first-order valence-corrected chi connectivity index (χ1v) is 5.32. The molecule has 1 saturated heterocycles. The number of aliphatic hydroxyl groups is 1. The highest BCUT2D eigenvalue weighted by Crippen LogP contribution is 2.09. The van der Waals surface area contributed by atoms with E-state index in [-0.39, 0.29) is 6.61 Å². The van der Waals surface area contributed by atoms with Crippen molar-refractivity contribution in [2.45, 2.75) is 32.6 Å². The molecule has 0 aliphatic carbocycles. The van der Waals surface area contributed by atoms with E-state index in [2.05, 4.69) is 17.9 Å². The Morgan fingerprint density at radius 2 is 2.00 bits per heavy atom. The van der Waals surface area contributed by atoms with Crippen LogP contribution in [0.5, 0.6) is 0 Å². The highest BCUT2D eigenvalue weighted by Gasteiger charge is 2.07. The standard InChI is InChI=1S/C11H21NO/c1-11(6-10-13)5-9-12-7-3-2-4-8-12/h5,13H,2-4,6-10H2,1H3. The molecule has 1 N–H and O–H groups in total. The highest BCUT2D eigenvalue weighted by atomic mass is 16.2. The topological polar surface area (TPSA) is 23.5 Å². The van der Waals surface area contributed by atoms with Crippen LogP contribution in [0, 0.1) is 0 Å². The van der Waals surface area contributed by atoms with E-state index >= 15 is 0 Å². The van der Waals surface area contributed by atoms with E-state index in [1.54, 1.807) is 0 Å². The highest BCUT2D eigenvalue weighted by molar-refractivity contribution is 4.99. The average molecular weight is 183 g/mol. The maximum Gasteiger partial charge on any atom is 0.0468 e. The number of aliphatic hydroxyl groups excluding tert-OH is 1. The number of hydrogen-bond acceptors (Lipinski definition) is 2. The molecule has 76 valence electrons. The van der Waals surface area contributed by atoms with Gasteiger partial charge in [-0.3, -0.25) is 4.90 Å². The quantitative estimate of drug-likeness (QED) is 0.672. The van der Waals surface area contributed by atoms with Gasteiger partial charge in [0.05, 0.1) is 0 Å². The predicted molar refractivity (Wildman–Crippen MR) is 55.8 cm³/mol. The van der Waals surface area contributed by atoms with Crippen molar-refractivity contribution in [2.75, 3.05) is 26.2 Å². The molecular formula is C11H21NO. The van der Waals surface area contributed by atoms with Crippen molar-refractivity contribution in [3.63, 3.8) is 0 Å². The summed E-state index contributed by atoms with van der Waals surface area (Å²) in [5, 5.41) is 8.72. The average Bonchev–Trinajstić information content (AvgIpc) is 2.17. The minimum atomic E-state index is 0.280. The van der Waals surface area contributed by atoms with Gasteiger partial charge < -0.3 is 5.11 Å². The van der Waals surface area contributed by atoms with E-state index in [1.165, 1.54) is 37.9 Å². The van der Waals surface area contributed by atoms with Crippen LogP contribution >= 0.6 is 0 Å². The van der Waals surface area contributed by atoms with E-state index in [0.717, 1.165) is 13.0 Å². The van der Waals surface area contributed by atoms with Gasteiger partial charge in [-0.2, -0.15) is 0 Å². The summed E-state index contributed by atoms with van der Waals surface area (Å²) >= 11 is 0. The van der Waals surface area contributed by atoms with Crippen molar-refractivity contribution in [1.82, 2.24) is 4.90 Å². The monoisotopic (exact) mass is 183 g/mol. The van der Waals surface area contributed by atoms with Crippen molar-refractivity contribution < 1.29 is 5.11 Å². The molecule has 2 heteroatoms. The van der Waals surface area contributed by atoms with Gasteiger partial charge in [0.2, 0.25) is 0 Å². The van der Waals surface area contributed by atoms with Crippen LogP contribution < -0.4 is 0 Å². The van der Waals surface area contributed by atoms with Gasteiger partial charge in [0, 0.05) is 13.2 Å². The fourth-order valence-electron chi connectivity index (χ4n) is 1.71. The lowest BCUT2D eigenvalue weighted by Gasteiger charge is -2.25. The van der Waals surface area contributed by atoms with Gasteiger partial charge in [-0.15, -0.1) is 0 Å². The SMILES string of the molecule is CC(=CCN1CCCCC1)CCO. The largest absolute Gasteiger partial charge is 0.396 e. The molecule has 1 aliphatic rings. The second-order valence-electron chi connectivity index (χ2n) is 3.89. The van der Waals surface area contributed by atoms with E-state index in [9.17, 15) is 0 Å². The molecule has 13 heavy (non-hydrogen) atoms. The Hall–Kier alpha value is -0.340. The minimum absolute atomic E-state index is 0.280. The van der Waals surface area contributed by atoms with Gasteiger partial charge in [0.1, 0.15) is 0 Å². The summed E-state index contributed by atoms with van der Waals surface area (Å²) in [6.07, 6.45) is 7.19. The summed E-state index contributed by atoms with van der Waals surface area (Å²) < 4.78 is 0. The van der Waals surface area contributed by atoms with Crippen LogP contribution in [0.3, 0.4) is 0 Å². The third-order valence-electron chi connectivity index (χ3n) is 2.65. The summed E-state index contributed by atoms with van der Waals surface area (Å²) in [4.78, 5) is 2.49. The molecule has 0 unspecified atom stereocenters. The van der Waals surface area contributed by atoms with Gasteiger partial charge in [-0.05, 0) is 39.3 Å². The van der Waals surface area contributed by atoms with Gasteiger partial charge >= 0.3 is 0 Å². The zero-order chi connectivity index (χ0) is 9.52. The van der Waals surface area contributed by atoms with Crippen LogP contribution in [0.25, 0.3) is 0 Å². The van der Waals surface area contributed by atoms with Crippen LogP contribution in [0.4, 0.5) is 0 Å². The number of hydrogen-bond donors (Lipinski definition) is 1. The first-order chi connectivity index (χ1) is 6.33. The smallest absolute Gasteiger partial charge is 0.0468 e. The number of piperidine rings is 1. The summed E-state index contributed by atoms with van der Waals surface area (Å²) in [7, 11) is 0. The van der Waals surface area contributed by atoms with Crippen LogP contribution in [0.15, 0.2) is 11.6 Å². The number of rotatable bonds is 4. The zero-order valence-electron chi connectivity index (χ0n) is 8.63. The van der Waals surface area contributed by atoms with Crippen LogP contribution in [-0.4, -0.2) is 36.2 Å². The van der Waals surface area contributed by atoms with Crippen molar-refractivity contribution in [3.05, 3.63) is 11.6 Å². The normalized spacial score (nSPS) is 20.6. The predicted octanol–water partition coefficient (Wildman–Crippen LogP) is 1.80. The maximum absolute atomic E-state index is 8.72. The van der Waals surface area contributed by atoms with Crippen LogP contribution in [0.2, 0.25) is 0 Å². The third-order valence-corrected chi connectivity index (χ3v) is 2.65. The molecule has 0 aromatic carbocycles. The van der Waals surface area contributed by atoms with E-state index in [4.69, 9.17) is 5.11 Å². The molecule has 0 aromatic rings. The zero-order valence-corrected chi connectivity index (χ0v) is 8.63. The lowest BCUT2D eigenvalue weighted by atomic mass is 10.1. The molecule has 0 atom stereocenters. The summed E-state index contributed by atoms with van der Waals surface area (Å²) in [5.74, 6) is 0. The second-order valence-corrected chi connectivity index (χ2v) is 3.89. The number of nitrogens with zero attached hydrogens (tertiary/aromatic N) is 1. The molecule has 0 bridgehead atoms. The third kappa shape index (κ3) is 4.44. The van der Waals surface area contributed by atoms with E-state index in [0.29, 0.717) is 0 Å². The molecule has 1 rings (SSSR count). The first-order valence-electron chi connectivity index (χ1n) is 5.32. The van der Waals surface area contributed by atoms with Gasteiger partial charge in [0.15, 0.2) is 0 Å². The van der Waals surface area contributed by atoms with Crippen molar-refractivity contribution in [2.24, 2.45) is 0 Å². The van der Waals surface area contributed by atoms with Gasteiger partial charge in [-0.1, -0.05) is 18.1 Å². The van der Waals surface area contributed by atoms with Gasteiger partial charge in [0.25, 0.3) is 0 Å². The van der Waals surface area contributed by atoms with E-state index < -0.39 is 0 Å². The molecule has 0 spiro atoms. The fourth-order valence-corrected chi connectivity index (χ4v) is 1.71. The van der Waals surface area contributed by atoms with E-state index in [1.807, 2.05) is 0 Å². The van der Waals surface area contributed by atoms with Crippen LogP contribution in [0.1, 0.15) is 32.6 Å². The number of likely N-dealkylation sites (tertiary alicyclic amines) is 1. The minimum Gasteiger partial charge on any atom is -0.396 e. The van der Waals surface area contributed by atoms with Gasteiger partial charge in [-0.25, -0.2) is 0 Å². The lowest BCUT2D eigenvalue weighted by molar-refractivity contribution is 0.250. The Balaban J connectivity index is 2.19. The van der Waals surface area contributed by atoms with Crippen LogP contribution in [-0.2, 0) is 0 Å². The van der Waals surface area contributed by atoms with Crippen molar-refractivity contribution >= 4 is 0 Å². The molecule has 1 fully saturated rings. The lowest BCUT2D eigenvalue weighted by Crippen LogP contribution is -2.29. The molecule has 2 nitrogen and oxygen atoms in total. The molecule has 0 aromatic heterocycles. The summed E-state index contributed by atoms with van der Waals surface area (Å²) in [6, 6.07) is 0. The Morgan fingerprint density at radius 1 is 1.31 bits per heavy atom. The Bertz CT molecular complexity index is 159. The Kier molecular flexibility index (Phi) is 5.09. The summed E-state index contributed by atoms with van der Waals surface area (Å²) in [6.45, 7) is 5.96. The molecule has 0 radical (unpaired) electrons. The fraction of sp³-hybridized carbons (Fsp3) is 0.818. The molecule has 1 heterocycles. The molecule has 1 aliphatic heterocycles. The second kappa shape index (κ2) is 6.17. The summed E-state index contributed by atoms with van der Waals surface area (Å²) in [5.41, 5.74) is 1.31. The Morgan fingerprint density at radius 3 is 2.62 bits per heavy atom. The van der Waals surface area contributed by atoms with Crippen molar-refractivity contribution in [1.29, 1.82) is 0 Å². The Labute approximate surface area is 81.2 Å². The molecule has 0 saturated carbocycles. The first kappa shape index (κ1) is 10.7. The molecular weight excluding hydrogens is 162 g/mol. The van der Waals surface area contributed by atoms with Crippen molar-refractivity contribution in [3.8, 4) is 0 Å². The molecule has 0 amide bonds.